The van der Waals surface area contributed by atoms with Crippen molar-refractivity contribution in [3.05, 3.63) is 122 Å². The number of benzene rings is 4. The summed E-state index contributed by atoms with van der Waals surface area (Å²) >= 11 is 0. The van der Waals surface area contributed by atoms with Gasteiger partial charge in [-0.2, -0.15) is 0 Å². The average molecular weight is 394 g/mol. The number of ether oxygens (including phenoxy) is 1. The maximum Gasteiger partial charge on any atom is 0.327 e. The highest BCUT2D eigenvalue weighted by atomic mass is 16.5. The fourth-order valence-electron chi connectivity index (χ4n) is 2.94. The van der Waals surface area contributed by atoms with Crippen LogP contribution in [0.3, 0.4) is 0 Å². The molecule has 4 rings (SSSR count). The van der Waals surface area contributed by atoms with Crippen LogP contribution in [0.15, 0.2) is 122 Å². The number of rotatable bonds is 5. The molecule has 30 heavy (non-hydrogen) atoms. The van der Waals surface area contributed by atoms with Gasteiger partial charge in [0.05, 0.1) is 0 Å². The molecule has 0 aliphatic carbocycles. The number of hydrogen-bond acceptors (Lipinski definition) is 2. The van der Waals surface area contributed by atoms with Crippen molar-refractivity contribution in [3.63, 3.8) is 0 Å². The van der Waals surface area contributed by atoms with Crippen LogP contribution in [0, 0.1) is 0 Å². The average Bonchev–Trinajstić information content (AvgIpc) is 2.81. The minimum Gasteiger partial charge on any atom is -0.478 e. The maximum absolute atomic E-state index is 9.25. The van der Waals surface area contributed by atoms with E-state index in [1.807, 2.05) is 72.8 Å². The minimum absolute atomic E-state index is 0.833. The van der Waals surface area contributed by atoms with Gasteiger partial charge in [-0.1, -0.05) is 104 Å². The van der Waals surface area contributed by atoms with Gasteiger partial charge >= 0.3 is 5.97 Å². The summed E-state index contributed by atoms with van der Waals surface area (Å²) in [7, 11) is 0. The van der Waals surface area contributed by atoms with Crippen molar-refractivity contribution in [1.82, 2.24) is 0 Å². The monoisotopic (exact) mass is 394 g/mol. The van der Waals surface area contributed by atoms with Crippen LogP contribution in [-0.2, 0) is 4.79 Å². The molecule has 0 atom stereocenters. The van der Waals surface area contributed by atoms with E-state index in [1.165, 1.54) is 0 Å². The lowest BCUT2D eigenvalue weighted by Gasteiger charge is -2.14. The molecule has 4 aromatic carbocycles. The van der Waals surface area contributed by atoms with Crippen LogP contribution in [0.25, 0.3) is 22.3 Å². The fourth-order valence-corrected chi connectivity index (χ4v) is 2.94. The number of hydrogen-bond donors (Lipinski definition) is 1. The molecule has 0 bridgehead atoms. The van der Waals surface area contributed by atoms with Crippen molar-refractivity contribution in [2.24, 2.45) is 0 Å². The van der Waals surface area contributed by atoms with Crippen LogP contribution >= 0.6 is 0 Å². The zero-order chi connectivity index (χ0) is 21.2. The first kappa shape index (κ1) is 20.6. The Morgan fingerprint density at radius 3 is 1.33 bits per heavy atom. The van der Waals surface area contributed by atoms with Crippen LogP contribution < -0.4 is 4.74 Å². The Kier molecular flexibility index (Phi) is 7.17. The van der Waals surface area contributed by atoms with Gasteiger partial charge in [0.2, 0.25) is 0 Å². The van der Waals surface area contributed by atoms with Crippen molar-refractivity contribution in [2.75, 3.05) is 0 Å². The zero-order valence-electron chi connectivity index (χ0n) is 16.4. The lowest BCUT2D eigenvalue weighted by atomic mass is 10.0. The van der Waals surface area contributed by atoms with Crippen molar-refractivity contribution >= 4 is 5.97 Å². The van der Waals surface area contributed by atoms with E-state index in [-0.39, 0.29) is 0 Å². The Labute approximate surface area is 176 Å². The molecule has 0 saturated heterocycles. The van der Waals surface area contributed by atoms with Crippen molar-refractivity contribution < 1.29 is 14.6 Å². The predicted molar refractivity (Wildman–Crippen MR) is 122 cm³/mol. The lowest BCUT2D eigenvalue weighted by molar-refractivity contribution is -0.131. The molecular formula is C27H22O3. The van der Waals surface area contributed by atoms with Crippen LogP contribution in [0.1, 0.15) is 0 Å². The van der Waals surface area contributed by atoms with Gasteiger partial charge in [-0.25, -0.2) is 4.79 Å². The second-order valence-electron chi connectivity index (χ2n) is 6.37. The highest BCUT2D eigenvalue weighted by Gasteiger charge is 2.10. The van der Waals surface area contributed by atoms with Crippen LogP contribution in [-0.4, -0.2) is 11.1 Å². The first-order valence-electron chi connectivity index (χ1n) is 9.51. The Balaban J connectivity index is 0.000000461. The van der Waals surface area contributed by atoms with Gasteiger partial charge < -0.3 is 9.84 Å². The van der Waals surface area contributed by atoms with Crippen LogP contribution in [0.2, 0.25) is 0 Å². The molecule has 0 saturated carbocycles. The normalized spacial score (nSPS) is 9.73. The standard InChI is InChI=1S/C24H18O.C3H4O2/c1-3-11-19(12-4-1)21-15-7-9-17-23(21)25-24-18-10-8-16-22(24)20-13-5-2-6-14-20;1-2-3(4)5/h1-18H;2H,1H2,(H,4,5). The summed E-state index contributed by atoms with van der Waals surface area (Å²) in [4.78, 5) is 9.25. The van der Waals surface area contributed by atoms with Gasteiger partial charge in [-0.15, -0.1) is 0 Å². The molecule has 148 valence electrons. The van der Waals surface area contributed by atoms with Crippen LogP contribution in [0.4, 0.5) is 0 Å². The molecule has 0 heterocycles. The molecule has 0 radical (unpaired) electrons. The highest BCUT2D eigenvalue weighted by molar-refractivity contribution is 5.78. The van der Waals surface area contributed by atoms with Gasteiger partial charge in [0.15, 0.2) is 0 Å². The van der Waals surface area contributed by atoms with Gasteiger partial charge in [-0.05, 0) is 23.3 Å². The highest BCUT2D eigenvalue weighted by Crippen LogP contribution is 2.37. The molecule has 0 fully saturated rings. The van der Waals surface area contributed by atoms with E-state index in [0.29, 0.717) is 0 Å². The third-order valence-electron chi connectivity index (χ3n) is 4.34. The Bertz CT molecular complexity index is 1020. The third kappa shape index (κ3) is 5.46. The fraction of sp³-hybridized carbons (Fsp3) is 0. The minimum atomic E-state index is -0.981. The molecule has 3 heteroatoms. The summed E-state index contributed by atoms with van der Waals surface area (Å²) < 4.78 is 6.35. The van der Waals surface area contributed by atoms with E-state index < -0.39 is 5.97 Å². The molecule has 0 aromatic heterocycles. The van der Waals surface area contributed by atoms with E-state index >= 15 is 0 Å². The molecule has 3 nitrogen and oxygen atoms in total. The number of carbonyl (C=O) groups is 1. The van der Waals surface area contributed by atoms with Gasteiger partial charge in [-0.3, -0.25) is 0 Å². The number of carboxylic acids is 1. The van der Waals surface area contributed by atoms with Crippen molar-refractivity contribution in [3.8, 4) is 33.8 Å². The molecule has 1 N–H and O–H groups in total. The molecule has 4 aromatic rings. The second-order valence-corrected chi connectivity index (χ2v) is 6.37. The van der Waals surface area contributed by atoms with Crippen molar-refractivity contribution in [2.45, 2.75) is 0 Å². The SMILES string of the molecule is C=CC(=O)O.c1ccc(-c2ccccc2Oc2ccccc2-c2ccccc2)cc1. The van der Waals surface area contributed by atoms with Crippen molar-refractivity contribution in [1.29, 1.82) is 0 Å². The molecule has 0 amide bonds. The first-order valence-corrected chi connectivity index (χ1v) is 9.51. The van der Waals surface area contributed by atoms with E-state index in [9.17, 15) is 4.79 Å². The second kappa shape index (κ2) is 10.4. The number of aliphatic carboxylic acids is 1. The predicted octanol–water partition coefficient (Wildman–Crippen LogP) is 7.07. The summed E-state index contributed by atoms with van der Waals surface area (Å²) in [6.07, 6.45) is 0.833. The molecule has 0 unspecified atom stereocenters. The third-order valence-corrected chi connectivity index (χ3v) is 4.34. The maximum atomic E-state index is 9.25. The Morgan fingerprint density at radius 1 is 0.633 bits per heavy atom. The van der Waals surface area contributed by atoms with E-state index in [0.717, 1.165) is 39.8 Å². The zero-order valence-corrected chi connectivity index (χ0v) is 16.4. The molecule has 0 aliphatic rings. The van der Waals surface area contributed by atoms with Gasteiger partial charge in [0.25, 0.3) is 0 Å². The molecule has 0 spiro atoms. The largest absolute Gasteiger partial charge is 0.478 e. The van der Waals surface area contributed by atoms with Crippen LogP contribution in [0.5, 0.6) is 11.5 Å². The summed E-state index contributed by atoms with van der Waals surface area (Å²) in [6.45, 7) is 2.96. The van der Waals surface area contributed by atoms with Gasteiger partial charge in [0.1, 0.15) is 11.5 Å². The number of para-hydroxylation sites is 2. The topological polar surface area (TPSA) is 46.5 Å². The summed E-state index contributed by atoms with van der Waals surface area (Å²) in [6, 6.07) is 37.0. The van der Waals surface area contributed by atoms with Gasteiger partial charge in [0, 0.05) is 17.2 Å². The number of carboxylic acid groups (broad SMARTS) is 1. The summed E-state index contributed by atoms with van der Waals surface area (Å²) in [5.41, 5.74) is 4.47. The van der Waals surface area contributed by atoms with E-state index in [1.54, 1.807) is 0 Å². The summed E-state index contributed by atoms with van der Waals surface area (Å²) in [5, 5.41) is 7.60. The molecular weight excluding hydrogens is 372 g/mol. The lowest BCUT2D eigenvalue weighted by Crippen LogP contribution is -1.90. The quantitative estimate of drug-likeness (QED) is 0.368. The first-order chi connectivity index (χ1) is 14.7. The summed E-state index contributed by atoms with van der Waals surface area (Å²) in [5.74, 6) is 0.735. The smallest absolute Gasteiger partial charge is 0.327 e. The van der Waals surface area contributed by atoms with E-state index in [4.69, 9.17) is 9.84 Å². The van der Waals surface area contributed by atoms with E-state index in [2.05, 4.69) is 43.0 Å². The molecule has 0 aliphatic heterocycles. The Morgan fingerprint density at radius 2 is 0.967 bits per heavy atom. The Hall–Kier alpha value is -4.11.